The lowest BCUT2D eigenvalue weighted by Gasteiger charge is -2.13. The van der Waals surface area contributed by atoms with Crippen molar-refractivity contribution < 1.29 is 14.7 Å². The summed E-state index contributed by atoms with van der Waals surface area (Å²) in [7, 11) is 0. The fourth-order valence-electron chi connectivity index (χ4n) is 1.85. The molecule has 1 unspecified atom stereocenters. The molecular weight excluding hydrogens is 278 g/mol. The zero-order chi connectivity index (χ0) is 14.5. The molecule has 106 valence electrons. The molecule has 2 rings (SSSR count). The lowest BCUT2D eigenvalue weighted by atomic mass is 10.1. The fraction of sp³-hybridized carbons (Fsp3) is 0.308. The number of carbonyl (C=O) groups is 2. The Balaban J connectivity index is 2.08. The minimum atomic E-state index is -1.07. The number of hydrogen-bond donors (Lipinski definition) is 3. The Bertz CT molecular complexity index is 592. The highest BCUT2D eigenvalue weighted by Crippen LogP contribution is 2.17. The molecule has 2 aromatic heterocycles. The summed E-state index contributed by atoms with van der Waals surface area (Å²) in [4.78, 5) is 30.6. The van der Waals surface area contributed by atoms with Crippen LogP contribution in [0.1, 0.15) is 27.9 Å². The topological polar surface area (TPSA) is 95.1 Å². The first-order valence-corrected chi connectivity index (χ1v) is 7.07. The lowest BCUT2D eigenvalue weighted by Crippen LogP contribution is -2.42. The maximum atomic E-state index is 12.1. The van der Waals surface area contributed by atoms with Gasteiger partial charge in [0.05, 0.1) is 11.2 Å². The quantitative estimate of drug-likeness (QED) is 0.751. The number of aromatic amines is 1. The van der Waals surface area contributed by atoms with E-state index in [-0.39, 0.29) is 12.3 Å². The molecule has 0 aliphatic heterocycles. The maximum Gasteiger partial charge on any atom is 0.326 e. The van der Waals surface area contributed by atoms with Crippen LogP contribution < -0.4 is 5.32 Å². The predicted octanol–water partition coefficient (Wildman–Crippen LogP) is 1.46. The molecule has 0 spiro atoms. The van der Waals surface area contributed by atoms with Gasteiger partial charge in [0.25, 0.3) is 5.91 Å². The molecule has 20 heavy (non-hydrogen) atoms. The summed E-state index contributed by atoms with van der Waals surface area (Å²) < 4.78 is 0. The Morgan fingerprint density at radius 2 is 2.35 bits per heavy atom. The Hall–Kier alpha value is -2.15. The second kappa shape index (κ2) is 6.33. The summed E-state index contributed by atoms with van der Waals surface area (Å²) in [6.07, 6.45) is 3.94. The molecule has 2 heterocycles. The van der Waals surface area contributed by atoms with E-state index in [2.05, 4.69) is 15.3 Å². The number of thiophene rings is 1. The van der Waals surface area contributed by atoms with E-state index in [4.69, 9.17) is 0 Å². The number of aryl methyl sites for hydroxylation is 1. The number of nitrogens with zero attached hydrogens (tertiary/aromatic N) is 1. The van der Waals surface area contributed by atoms with Crippen LogP contribution in [-0.2, 0) is 17.6 Å². The second-order valence-corrected chi connectivity index (χ2v) is 5.19. The predicted molar refractivity (Wildman–Crippen MR) is 74.9 cm³/mol. The van der Waals surface area contributed by atoms with Gasteiger partial charge in [0.1, 0.15) is 6.04 Å². The Labute approximate surface area is 119 Å². The van der Waals surface area contributed by atoms with E-state index >= 15 is 0 Å². The third kappa shape index (κ3) is 3.24. The molecule has 0 aliphatic carbocycles. The number of hydrogen-bond acceptors (Lipinski definition) is 4. The maximum absolute atomic E-state index is 12.1. The van der Waals surface area contributed by atoms with Gasteiger partial charge >= 0.3 is 5.97 Å². The van der Waals surface area contributed by atoms with Crippen LogP contribution in [0.2, 0.25) is 0 Å². The van der Waals surface area contributed by atoms with Gasteiger partial charge in [-0.05, 0) is 23.4 Å². The van der Waals surface area contributed by atoms with Crippen molar-refractivity contribution in [2.75, 3.05) is 0 Å². The van der Waals surface area contributed by atoms with Crippen LogP contribution in [0.15, 0.2) is 24.0 Å². The number of nitrogens with one attached hydrogen (secondary N) is 2. The van der Waals surface area contributed by atoms with Gasteiger partial charge in [0, 0.05) is 18.3 Å². The number of aliphatic carboxylic acids is 1. The molecule has 0 bridgehead atoms. The molecule has 0 saturated heterocycles. The van der Waals surface area contributed by atoms with Crippen molar-refractivity contribution in [2.45, 2.75) is 25.8 Å². The van der Waals surface area contributed by atoms with Crippen molar-refractivity contribution >= 4 is 23.2 Å². The first-order valence-electron chi connectivity index (χ1n) is 6.19. The van der Waals surface area contributed by atoms with Crippen LogP contribution in [-0.4, -0.2) is 33.0 Å². The molecule has 0 aliphatic rings. The standard InChI is InChI=1S/C13H15N3O3S/c1-2-8-3-4-20-11(8)12(17)16-10(13(18)19)5-9-6-14-7-15-9/h3-4,6-7,10H,2,5H2,1H3,(H,14,15)(H,16,17)(H,18,19). The third-order valence-electron chi connectivity index (χ3n) is 2.92. The average Bonchev–Trinajstić information content (AvgIpc) is 3.08. The monoisotopic (exact) mass is 293 g/mol. The van der Waals surface area contributed by atoms with E-state index in [1.807, 2.05) is 18.4 Å². The Morgan fingerprint density at radius 3 is 2.95 bits per heavy atom. The molecular formula is C13H15N3O3S. The zero-order valence-corrected chi connectivity index (χ0v) is 11.7. The highest BCUT2D eigenvalue weighted by atomic mass is 32.1. The highest BCUT2D eigenvalue weighted by Gasteiger charge is 2.23. The van der Waals surface area contributed by atoms with Crippen molar-refractivity contribution in [3.8, 4) is 0 Å². The molecule has 1 amide bonds. The second-order valence-electron chi connectivity index (χ2n) is 4.27. The van der Waals surface area contributed by atoms with Crippen molar-refractivity contribution in [1.29, 1.82) is 0 Å². The number of carboxylic acids is 1. The largest absolute Gasteiger partial charge is 0.480 e. The van der Waals surface area contributed by atoms with Crippen molar-refractivity contribution in [2.24, 2.45) is 0 Å². The van der Waals surface area contributed by atoms with E-state index in [9.17, 15) is 14.7 Å². The minimum absolute atomic E-state index is 0.175. The van der Waals surface area contributed by atoms with Gasteiger partial charge in [-0.2, -0.15) is 0 Å². The van der Waals surface area contributed by atoms with Crippen molar-refractivity contribution in [3.05, 3.63) is 40.1 Å². The van der Waals surface area contributed by atoms with E-state index in [0.29, 0.717) is 10.6 Å². The minimum Gasteiger partial charge on any atom is -0.480 e. The van der Waals surface area contributed by atoms with E-state index in [1.54, 1.807) is 6.20 Å². The molecule has 0 fully saturated rings. The van der Waals surface area contributed by atoms with Crippen LogP contribution in [0.3, 0.4) is 0 Å². The van der Waals surface area contributed by atoms with Crippen LogP contribution in [0.5, 0.6) is 0 Å². The van der Waals surface area contributed by atoms with Gasteiger partial charge in [-0.1, -0.05) is 6.92 Å². The first-order chi connectivity index (χ1) is 9.61. The number of rotatable bonds is 6. The summed E-state index contributed by atoms with van der Waals surface area (Å²) in [5.41, 5.74) is 1.60. The van der Waals surface area contributed by atoms with Gasteiger partial charge in [0.2, 0.25) is 0 Å². The number of imidazole rings is 1. The molecule has 2 aromatic rings. The van der Waals surface area contributed by atoms with Gasteiger partial charge < -0.3 is 15.4 Å². The van der Waals surface area contributed by atoms with Crippen LogP contribution in [0, 0.1) is 0 Å². The Morgan fingerprint density at radius 1 is 1.55 bits per heavy atom. The van der Waals surface area contributed by atoms with Crippen LogP contribution in [0.25, 0.3) is 0 Å². The van der Waals surface area contributed by atoms with Gasteiger partial charge in [-0.25, -0.2) is 9.78 Å². The molecule has 0 radical (unpaired) electrons. The summed E-state index contributed by atoms with van der Waals surface area (Å²) in [6.45, 7) is 1.96. The molecule has 0 aromatic carbocycles. The number of carboxylic acid groups (broad SMARTS) is 1. The first kappa shape index (κ1) is 14.3. The summed E-state index contributed by atoms with van der Waals surface area (Å²) >= 11 is 1.32. The number of amides is 1. The fourth-order valence-corrected chi connectivity index (χ4v) is 2.75. The molecule has 0 saturated carbocycles. The highest BCUT2D eigenvalue weighted by molar-refractivity contribution is 7.12. The van der Waals surface area contributed by atoms with E-state index < -0.39 is 12.0 Å². The lowest BCUT2D eigenvalue weighted by molar-refractivity contribution is -0.139. The zero-order valence-electron chi connectivity index (χ0n) is 10.9. The molecule has 7 heteroatoms. The van der Waals surface area contributed by atoms with Crippen molar-refractivity contribution in [1.82, 2.24) is 15.3 Å². The normalized spacial score (nSPS) is 12.1. The summed E-state index contributed by atoms with van der Waals surface area (Å²) in [6, 6.07) is 0.902. The summed E-state index contributed by atoms with van der Waals surface area (Å²) in [5, 5.41) is 13.6. The summed E-state index contributed by atoms with van der Waals surface area (Å²) in [5.74, 6) is -1.41. The van der Waals surface area contributed by atoms with Crippen LogP contribution >= 0.6 is 11.3 Å². The SMILES string of the molecule is CCc1ccsc1C(=O)NC(Cc1cnc[nH]1)C(=O)O. The van der Waals surface area contributed by atoms with Gasteiger partial charge in [-0.15, -0.1) is 11.3 Å². The van der Waals surface area contributed by atoms with E-state index in [1.165, 1.54) is 17.7 Å². The van der Waals surface area contributed by atoms with E-state index in [0.717, 1.165) is 12.0 Å². The van der Waals surface area contributed by atoms with Crippen molar-refractivity contribution in [3.63, 3.8) is 0 Å². The average molecular weight is 293 g/mol. The Kier molecular flexibility index (Phi) is 4.52. The number of H-pyrrole nitrogens is 1. The van der Waals surface area contributed by atoms with Crippen LogP contribution in [0.4, 0.5) is 0 Å². The molecule has 6 nitrogen and oxygen atoms in total. The van der Waals surface area contributed by atoms with Gasteiger partial charge in [0.15, 0.2) is 0 Å². The molecule has 1 atom stereocenters. The smallest absolute Gasteiger partial charge is 0.326 e. The third-order valence-corrected chi connectivity index (χ3v) is 3.87. The number of aromatic nitrogens is 2. The molecule has 3 N–H and O–H groups in total. The number of carbonyl (C=O) groups excluding carboxylic acids is 1. The van der Waals surface area contributed by atoms with Gasteiger partial charge in [-0.3, -0.25) is 4.79 Å².